The molecular formula is C10H15N3O. The van der Waals surface area contributed by atoms with Crippen molar-refractivity contribution >= 4 is 5.78 Å². The molecule has 1 fully saturated rings. The summed E-state index contributed by atoms with van der Waals surface area (Å²) in [6, 6.07) is 0. The van der Waals surface area contributed by atoms with Crippen molar-refractivity contribution in [3.63, 3.8) is 0 Å². The molecule has 0 saturated heterocycles. The third-order valence-electron chi connectivity index (χ3n) is 2.44. The molecule has 0 aromatic carbocycles. The van der Waals surface area contributed by atoms with E-state index in [9.17, 15) is 4.79 Å². The Morgan fingerprint density at radius 1 is 1.71 bits per heavy atom. The molecular weight excluding hydrogens is 178 g/mol. The SMILES string of the molecule is Cn1cc(C(=O)CNCC2CC2)cn1. The van der Waals surface area contributed by atoms with E-state index in [2.05, 4.69) is 10.4 Å². The Hall–Kier alpha value is -1.16. The van der Waals surface area contributed by atoms with Gasteiger partial charge in [-0.3, -0.25) is 9.48 Å². The first kappa shape index (κ1) is 9.40. The fraction of sp³-hybridized carbons (Fsp3) is 0.600. The number of Topliss-reactive ketones (excluding diaryl/α,β-unsaturated/α-hetero) is 1. The van der Waals surface area contributed by atoms with Gasteiger partial charge in [0.2, 0.25) is 0 Å². The van der Waals surface area contributed by atoms with Gasteiger partial charge in [0.25, 0.3) is 0 Å². The number of hydrogen-bond donors (Lipinski definition) is 1. The number of carbonyl (C=O) groups excluding carboxylic acids is 1. The van der Waals surface area contributed by atoms with Crippen LogP contribution < -0.4 is 5.32 Å². The number of aryl methyl sites for hydroxylation is 1. The van der Waals surface area contributed by atoms with Crippen molar-refractivity contribution in [2.45, 2.75) is 12.8 Å². The Labute approximate surface area is 83.3 Å². The van der Waals surface area contributed by atoms with E-state index in [1.807, 2.05) is 7.05 Å². The Morgan fingerprint density at radius 2 is 2.50 bits per heavy atom. The van der Waals surface area contributed by atoms with E-state index in [-0.39, 0.29) is 5.78 Å². The van der Waals surface area contributed by atoms with Gasteiger partial charge in [-0.1, -0.05) is 0 Å². The van der Waals surface area contributed by atoms with Gasteiger partial charge in [0.1, 0.15) is 0 Å². The van der Waals surface area contributed by atoms with Gasteiger partial charge in [0.15, 0.2) is 5.78 Å². The minimum absolute atomic E-state index is 0.124. The summed E-state index contributed by atoms with van der Waals surface area (Å²) in [7, 11) is 1.81. The van der Waals surface area contributed by atoms with Crippen LogP contribution in [-0.4, -0.2) is 28.7 Å². The Morgan fingerprint density at radius 3 is 3.07 bits per heavy atom. The lowest BCUT2D eigenvalue weighted by atomic mass is 10.2. The van der Waals surface area contributed by atoms with E-state index in [4.69, 9.17) is 0 Å². The van der Waals surface area contributed by atoms with E-state index >= 15 is 0 Å². The van der Waals surface area contributed by atoms with E-state index < -0.39 is 0 Å². The van der Waals surface area contributed by atoms with Gasteiger partial charge in [0.05, 0.1) is 18.3 Å². The average Bonchev–Trinajstić information content (AvgIpc) is 2.87. The summed E-state index contributed by atoms with van der Waals surface area (Å²) in [6.07, 6.45) is 5.99. The van der Waals surface area contributed by atoms with Gasteiger partial charge in [-0.25, -0.2) is 0 Å². The van der Waals surface area contributed by atoms with Crippen molar-refractivity contribution in [1.82, 2.24) is 15.1 Å². The molecule has 0 aliphatic heterocycles. The van der Waals surface area contributed by atoms with Crippen LogP contribution in [0.3, 0.4) is 0 Å². The van der Waals surface area contributed by atoms with Crippen molar-refractivity contribution in [2.75, 3.05) is 13.1 Å². The molecule has 4 nitrogen and oxygen atoms in total. The fourth-order valence-electron chi connectivity index (χ4n) is 1.38. The van der Waals surface area contributed by atoms with Gasteiger partial charge in [-0.2, -0.15) is 5.10 Å². The molecule has 0 radical (unpaired) electrons. The molecule has 1 aromatic heterocycles. The molecule has 1 heterocycles. The highest BCUT2D eigenvalue weighted by Gasteiger charge is 2.20. The third-order valence-corrected chi connectivity index (χ3v) is 2.44. The summed E-state index contributed by atoms with van der Waals surface area (Å²) in [6.45, 7) is 1.41. The molecule has 1 aromatic rings. The van der Waals surface area contributed by atoms with Gasteiger partial charge in [-0.15, -0.1) is 0 Å². The normalized spacial score (nSPS) is 15.8. The predicted molar refractivity (Wildman–Crippen MR) is 53.1 cm³/mol. The summed E-state index contributed by atoms with van der Waals surface area (Å²) >= 11 is 0. The van der Waals surface area contributed by atoms with Crippen molar-refractivity contribution in [2.24, 2.45) is 13.0 Å². The zero-order chi connectivity index (χ0) is 9.97. The fourth-order valence-corrected chi connectivity index (χ4v) is 1.38. The van der Waals surface area contributed by atoms with Gasteiger partial charge in [0, 0.05) is 13.2 Å². The predicted octanol–water partition coefficient (Wildman–Crippen LogP) is 0.602. The lowest BCUT2D eigenvalue weighted by Gasteiger charge is -2.00. The van der Waals surface area contributed by atoms with Crippen molar-refractivity contribution in [3.05, 3.63) is 18.0 Å². The minimum atomic E-state index is 0.124. The maximum Gasteiger partial charge on any atom is 0.179 e. The molecule has 76 valence electrons. The standard InChI is InChI=1S/C10H15N3O/c1-13-7-9(5-12-13)10(14)6-11-4-8-2-3-8/h5,7-8,11H,2-4,6H2,1H3. The van der Waals surface area contributed by atoms with Crippen LogP contribution in [0.5, 0.6) is 0 Å². The lowest BCUT2D eigenvalue weighted by Crippen LogP contribution is -2.24. The quantitative estimate of drug-likeness (QED) is 0.697. The second-order valence-electron chi connectivity index (χ2n) is 3.90. The topological polar surface area (TPSA) is 46.9 Å². The highest BCUT2D eigenvalue weighted by Crippen LogP contribution is 2.27. The first-order valence-corrected chi connectivity index (χ1v) is 4.98. The summed E-state index contributed by atoms with van der Waals surface area (Å²) in [5, 5.41) is 7.13. The van der Waals surface area contributed by atoms with Crippen molar-refractivity contribution < 1.29 is 4.79 Å². The molecule has 1 aliphatic rings. The Balaban J connectivity index is 1.76. The number of ketones is 1. The summed E-state index contributed by atoms with van der Waals surface area (Å²) in [5.41, 5.74) is 0.691. The summed E-state index contributed by atoms with van der Waals surface area (Å²) in [5.74, 6) is 0.940. The monoisotopic (exact) mass is 193 g/mol. The number of hydrogen-bond acceptors (Lipinski definition) is 3. The third kappa shape index (κ3) is 2.42. The van der Waals surface area contributed by atoms with E-state index in [1.54, 1.807) is 17.1 Å². The van der Waals surface area contributed by atoms with Crippen LogP contribution in [0.25, 0.3) is 0 Å². The highest BCUT2D eigenvalue weighted by molar-refractivity contribution is 5.97. The molecule has 0 spiro atoms. The highest BCUT2D eigenvalue weighted by atomic mass is 16.1. The van der Waals surface area contributed by atoms with Crippen LogP contribution in [0.1, 0.15) is 23.2 Å². The number of carbonyl (C=O) groups is 1. The minimum Gasteiger partial charge on any atom is -0.309 e. The molecule has 1 N–H and O–H groups in total. The van der Waals surface area contributed by atoms with Crippen LogP contribution in [-0.2, 0) is 7.05 Å². The van der Waals surface area contributed by atoms with Crippen LogP contribution >= 0.6 is 0 Å². The van der Waals surface area contributed by atoms with E-state index in [0.717, 1.165) is 12.5 Å². The maximum atomic E-state index is 11.5. The largest absolute Gasteiger partial charge is 0.309 e. The van der Waals surface area contributed by atoms with Gasteiger partial charge < -0.3 is 5.32 Å². The summed E-state index contributed by atoms with van der Waals surface area (Å²) in [4.78, 5) is 11.5. The molecule has 4 heteroatoms. The zero-order valence-corrected chi connectivity index (χ0v) is 8.36. The number of nitrogens with zero attached hydrogens (tertiary/aromatic N) is 2. The smallest absolute Gasteiger partial charge is 0.179 e. The number of nitrogens with one attached hydrogen (secondary N) is 1. The van der Waals surface area contributed by atoms with Crippen molar-refractivity contribution in [3.8, 4) is 0 Å². The van der Waals surface area contributed by atoms with Crippen LogP contribution in [0.15, 0.2) is 12.4 Å². The average molecular weight is 193 g/mol. The van der Waals surface area contributed by atoms with Crippen LogP contribution in [0.2, 0.25) is 0 Å². The molecule has 2 rings (SSSR count). The first-order chi connectivity index (χ1) is 6.75. The molecule has 0 amide bonds. The lowest BCUT2D eigenvalue weighted by molar-refractivity contribution is 0.0991. The molecule has 0 unspecified atom stereocenters. The van der Waals surface area contributed by atoms with Gasteiger partial charge >= 0.3 is 0 Å². The second kappa shape index (κ2) is 3.92. The second-order valence-corrected chi connectivity index (χ2v) is 3.90. The maximum absolute atomic E-state index is 11.5. The van der Waals surface area contributed by atoms with Gasteiger partial charge in [-0.05, 0) is 25.3 Å². The van der Waals surface area contributed by atoms with E-state index in [0.29, 0.717) is 12.1 Å². The molecule has 0 bridgehead atoms. The number of aromatic nitrogens is 2. The Kier molecular flexibility index (Phi) is 2.63. The van der Waals surface area contributed by atoms with Crippen molar-refractivity contribution in [1.29, 1.82) is 0 Å². The summed E-state index contributed by atoms with van der Waals surface area (Å²) < 4.78 is 1.65. The molecule has 0 atom stereocenters. The van der Waals surface area contributed by atoms with Crippen LogP contribution in [0, 0.1) is 5.92 Å². The first-order valence-electron chi connectivity index (χ1n) is 4.98. The Bertz CT molecular complexity index is 328. The molecule has 1 aliphatic carbocycles. The molecule has 1 saturated carbocycles. The van der Waals surface area contributed by atoms with E-state index in [1.165, 1.54) is 12.8 Å². The van der Waals surface area contributed by atoms with Crippen LogP contribution in [0.4, 0.5) is 0 Å². The number of rotatable bonds is 5. The molecule has 14 heavy (non-hydrogen) atoms. The zero-order valence-electron chi connectivity index (χ0n) is 8.36.